The van der Waals surface area contributed by atoms with Gasteiger partial charge in [-0.15, -0.1) is 0 Å². The summed E-state index contributed by atoms with van der Waals surface area (Å²) in [5.74, 6) is 1.13. The Labute approximate surface area is 138 Å². The molecule has 0 spiro atoms. The molecule has 2 aromatic rings. The van der Waals surface area contributed by atoms with Crippen molar-refractivity contribution in [2.45, 2.75) is 25.8 Å². The van der Waals surface area contributed by atoms with Gasteiger partial charge < -0.3 is 10.6 Å². The topological polar surface area (TPSA) is 58.3 Å². The molecule has 0 aliphatic carbocycles. The lowest BCUT2D eigenvalue weighted by molar-refractivity contribution is 0.263. The highest BCUT2D eigenvalue weighted by molar-refractivity contribution is 5.64. The summed E-state index contributed by atoms with van der Waals surface area (Å²) in [6.45, 7) is 4.70. The van der Waals surface area contributed by atoms with Crippen LogP contribution >= 0.6 is 0 Å². The van der Waals surface area contributed by atoms with Gasteiger partial charge in [0, 0.05) is 31.8 Å². The highest BCUT2D eigenvalue weighted by Crippen LogP contribution is 2.27. The van der Waals surface area contributed by atoms with Crippen LogP contribution < -0.4 is 10.6 Å². The molecule has 1 aromatic heterocycles. The van der Waals surface area contributed by atoms with Gasteiger partial charge in [-0.05, 0) is 38.4 Å². The second-order valence-electron chi connectivity index (χ2n) is 6.41. The van der Waals surface area contributed by atoms with Crippen molar-refractivity contribution in [1.82, 2.24) is 14.9 Å². The van der Waals surface area contributed by atoms with Crippen LogP contribution in [0.4, 0.5) is 11.8 Å². The predicted octanol–water partition coefficient (Wildman–Crippen LogP) is 2.95. The van der Waals surface area contributed by atoms with Crippen LogP contribution in [0.3, 0.4) is 0 Å². The van der Waals surface area contributed by atoms with Gasteiger partial charge in [0.2, 0.25) is 5.95 Å². The van der Waals surface area contributed by atoms with Gasteiger partial charge in [-0.3, -0.25) is 4.90 Å². The third-order valence-electron chi connectivity index (χ3n) is 4.51. The van der Waals surface area contributed by atoms with Gasteiger partial charge in [0.15, 0.2) is 0 Å². The molecule has 1 aliphatic rings. The van der Waals surface area contributed by atoms with Crippen molar-refractivity contribution in [3.05, 3.63) is 35.9 Å². The van der Waals surface area contributed by atoms with Crippen molar-refractivity contribution >= 4 is 11.8 Å². The van der Waals surface area contributed by atoms with E-state index in [0.29, 0.717) is 17.8 Å². The number of anilines is 2. The molecule has 0 amide bonds. The first kappa shape index (κ1) is 15.7. The van der Waals surface area contributed by atoms with Crippen LogP contribution in [-0.2, 0) is 0 Å². The van der Waals surface area contributed by atoms with E-state index >= 15 is 0 Å². The van der Waals surface area contributed by atoms with E-state index in [-0.39, 0.29) is 0 Å². The average molecular weight is 311 g/mol. The fourth-order valence-corrected chi connectivity index (χ4v) is 3.07. The van der Waals surface area contributed by atoms with Crippen molar-refractivity contribution in [1.29, 1.82) is 0 Å². The zero-order valence-corrected chi connectivity index (χ0v) is 14.2. The van der Waals surface area contributed by atoms with Gasteiger partial charge in [0.05, 0.1) is 5.69 Å². The Morgan fingerprint density at radius 2 is 1.74 bits per heavy atom. The molecule has 0 unspecified atom stereocenters. The van der Waals surface area contributed by atoms with Crippen LogP contribution in [0.15, 0.2) is 30.3 Å². The molecule has 122 valence electrons. The number of nitrogens with zero attached hydrogens (tertiary/aromatic N) is 4. The maximum absolute atomic E-state index is 5.91. The first-order valence-corrected chi connectivity index (χ1v) is 8.21. The minimum absolute atomic E-state index is 0.472. The average Bonchev–Trinajstić information content (AvgIpc) is 3.08. The third kappa shape index (κ3) is 3.45. The van der Waals surface area contributed by atoms with E-state index in [2.05, 4.69) is 46.1 Å². The normalized spacial score (nSPS) is 16.5. The number of hydrogen-bond donors (Lipinski definition) is 1. The van der Waals surface area contributed by atoms with Crippen molar-refractivity contribution in [2.24, 2.45) is 0 Å². The van der Waals surface area contributed by atoms with Gasteiger partial charge in [-0.1, -0.05) is 24.3 Å². The molecule has 0 saturated carbocycles. The number of rotatable bonds is 4. The molecule has 5 nitrogen and oxygen atoms in total. The summed E-state index contributed by atoms with van der Waals surface area (Å²) in [5, 5.41) is 0. The van der Waals surface area contributed by atoms with Crippen LogP contribution in [0, 0.1) is 0 Å². The van der Waals surface area contributed by atoms with Crippen molar-refractivity contribution < 1.29 is 0 Å². The minimum atomic E-state index is 0.472. The maximum atomic E-state index is 5.91. The van der Waals surface area contributed by atoms with Crippen LogP contribution in [0.5, 0.6) is 0 Å². The Kier molecular flexibility index (Phi) is 4.48. The van der Waals surface area contributed by atoms with E-state index in [1.165, 1.54) is 31.5 Å². The fourth-order valence-electron chi connectivity index (χ4n) is 3.07. The Bertz CT molecular complexity index is 660. The maximum Gasteiger partial charge on any atom is 0.227 e. The molecule has 23 heavy (non-hydrogen) atoms. The van der Waals surface area contributed by atoms with Gasteiger partial charge in [0.1, 0.15) is 5.82 Å². The quantitative estimate of drug-likeness (QED) is 0.941. The zero-order chi connectivity index (χ0) is 16.4. The number of nitrogens with two attached hydrogens (primary N) is 1. The summed E-state index contributed by atoms with van der Waals surface area (Å²) >= 11 is 0. The summed E-state index contributed by atoms with van der Waals surface area (Å²) in [7, 11) is 3.83. The highest BCUT2D eigenvalue weighted by atomic mass is 15.2. The summed E-state index contributed by atoms with van der Waals surface area (Å²) in [5.41, 5.74) is 9.19. The van der Waals surface area contributed by atoms with E-state index in [1.807, 2.05) is 25.1 Å². The molecule has 5 heteroatoms. The van der Waals surface area contributed by atoms with Crippen LogP contribution in [0.2, 0.25) is 0 Å². The lowest BCUT2D eigenvalue weighted by Gasteiger charge is -2.24. The van der Waals surface area contributed by atoms with Crippen LogP contribution in [0.25, 0.3) is 11.3 Å². The van der Waals surface area contributed by atoms with Gasteiger partial charge in [-0.25, -0.2) is 4.98 Å². The Morgan fingerprint density at radius 1 is 1.09 bits per heavy atom. The van der Waals surface area contributed by atoms with E-state index in [4.69, 9.17) is 5.73 Å². The van der Waals surface area contributed by atoms with Crippen molar-refractivity contribution in [3.63, 3.8) is 0 Å². The first-order chi connectivity index (χ1) is 11.0. The summed E-state index contributed by atoms with van der Waals surface area (Å²) in [6.07, 6.45) is 2.63. The van der Waals surface area contributed by atoms with E-state index < -0.39 is 0 Å². The number of likely N-dealkylation sites (tertiary alicyclic amines) is 1. The summed E-state index contributed by atoms with van der Waals surface area (Å²) in [6, 6.07) is 11.0. The Morgan fingerprint density at radius 3 is 2.35 bits per heavy atom. The van der Waals surface area contributed by atoms with Gasteiger partial charge in [-0.2, -0.15) is 4.98 Å². The summed E-state index contributed by atoms with van der Waals surface area (Å²) < 4.78 is 0. The lowest BCUT2D eigenvalue weighted by Crippen LogP contribution is -2.23. The molecule has 0 radical (unpaired) electrons. The monoisotopic (exact) mass is 311 g/mol. The highest BCUT2D eigenvalue weighted by Gasteiger charge is 2.19. The smallest absolute Gasteiger partial charge is 0.227 e. The Hall–Kier alpha value is -2.14. The third-order valence-corrected chi connectivity index (χ3v) is 4.51. The molecular formula is C18H25N5. The number of benzene rings is 1. The number of nitrogen functional groups attached to an aromatic ring is 1. The molecule has 1 atom stereocenters. The second-order valence-corrected chi connectivity index (χ2v) is 6.41. The fraction of sp³-hybridized carbons (Fsp3) is 0.444. The van der Waals surface area contributed by atoms with Crippen molar-refractivity contribution in [3.8, 4) is 11.3 Å². The number of aromatic nitrogens is 2. The number of hydrogen-bond acceptors (Lipinski definition) is 5. The SMILES string of the molecule is C[C@H](c1ccc(-c2cc(N)nc(N(C)C)n2)cc1)N1CCCC1. The molecule has 1 aliphatic heterocycles. The summed E-state index contributed by atoms with van der Waals surface area (Å²) in [4.78, 5) is 13.2. The molecule has 2 heterocycles. The molecule has 1 aromatic carbocycles. The van der Waals surface area contributed by atoms with Gasteiger partial charge in [0.25, 0.3) is 0 Å². The van der Waals surface area contributed by atoms with E-state index in [1.54, 1.807) is 0 Å². The molecule has 2 N–H and O–H groups in total. The van der Waals surface area contributed by atoms with E-state index in [0.717, 1.165) is 11.3 Å². The van der Waals surface area contributed by atoms with Crippen molar-refractivity contribution in [2.75, 3.05) is 37.8 Å². The van der Waals surface area contributed by atoms with Gasteiger partial charge >= 0.3 is 0 Å². The molecule has 0 bridgehead atoms. The van der Waals surface area contributed by atoms with Crippen LogP contribution in [-0.4, -0.2) is 42.1 Å². The first-order valence-electron chi connectivity index (χ1n) is 8.21. The molecule has 3 rings (SSSR count). The largest absolute Gasteiger partial charge is 0.384 e. The predicted molar refractivity (Wildman–Crippen MR) is 95.4 cm³/mol. The zero-order valence-electron chi connectivity index (χ0n) is 14.2. The molecule has 1 saturated heterocycles. The molecular weight excluding hydrogens is 286 g/mol. The lowest BCUT2D eigenvalue weighted by atomic mass is 10.0. The van der Waals surface area contributed by atoms with E-state index in [9.17, 15) is 0 Å². The Balaban J connectivity index is 1.84. The second kappa shape index (κ2) is 6.54. The standard InChI is InChI=1S/C18H25N5/c1-13(23-10-4-5-11-23)14-6-8-15(9-7-14)16-12-17(19)21-18(20-16)22(2)3/h6-9,12-13H,4-5,10-11H2,1-3H3,(H2,19,20,21)/t13-/m1/s1. The van der Waals surface area contributed by atoms with Crippen LogP contribution in [0.1, 0.15) is 31.4 Å². The molecule has 1 fully saturated rings. The minimum Gasteiger partial charge on any atom is -0.384 e.